The molecule has 1 aliphatic rings. The SMILES string of the molecule is CCCCCCCN[C@H]1C=CCCC1. The van der Waals surface area contributed by atoms with Crippen molar-refractivity contribution in [2.45, 2.75) is 64.3 Å². The lowest BCUT2D eigenvalue weighted by Gasteiger charge is -2.17. The molecule has 1 aliphatic carbocycles. The topological polar surface area (TPSA) is 12.0 Å². The molecule has 0 aromatic rings. The average molecular weight is 195 g/mol. The number of unbranched alkanes of at least 4 members (excludes halogenated alkanes) is 4. The lowest BCUT2D eigenvalue weighted by atomic mass is 10.0. The van der Waals surface area contributed by atoms with Crippen molar-refractivity contribution in [1.29, 1.82) is 0 Å². The highest BCUT2D eigenvalue weighted by molar-refractivity contribution is 4.97. The van der Waals surface area contributed by atoms with E-state index < -0.39 is 0 Å². The van der Waals surface area contributed by atoms with Crippen LogP contribution >= 0.6 is 0 Å². The van der Waals surface area contributed by atoms with Crippen LogP contribution in [0.25, 0.3) is 0 Å². The third-order valence-electron chi connectivity index (χ3n) is 2.94. The van der Waals surface area contributed by atoms with Gasteiger partial charge in [0.05, 0.1) is 0 Å². The second-order valence-corrected chi connectivity index (χ2v) is 4.33. The number of allylic oxidation sites excluding steroid dienone is 1. The molecule has 0 radical (unpaired) electrons. The van der Waals surface area contributed by atoms with Crippen LogP contribution in [0.4, 0.5) is 0 Å². The summed E-state index contributed by atoms with van der Waals surface area (Å²) in [6.07, 6.45) is 15.6. The molecule has 0 aliphatic heterocycles. The van der Waals surface area contributed by atoms with Gasteiger partial charge in [0, 0.05) is 6.04 Å². The minimum absolute atomic E-state index is 0.676. The maximum absolute atomic E-state index is 3.61. The minimum Gasteiger partial charge on any atom is -0.311 e. The fourth-order valence-electron chi connectivity index (χ4n) is 2.00. The van der Waals surface area contributed by atoms with Crippen LogP contribution in [-0.4, -0.2) is 12.6 Å². The van der Waals surface area contributed by atoms with Crippen LogP contribution in [0.3, 0.4) is 0 Å². The monoisotopic (exact) mass is 195 g/mol. The second kappa shape index (κ2) is 8.05. The van der Waals surface area contributed by atoms with Gasteiger partial charge in [-0.1, -0.05) is 44.8 Å². The zero-order valence-corrected chi connectivity index (χ0v) is 9.60. The molecule has 0 aromatic carbocycles. The molecule has 1 N–H and O–H groups in total. The largest absolute Gasteiger partial charge is 0.311 e. The Morgan fingerprint density at radius 2 is 2.07 bits per heavy atom. The van der Waals surface area contributed by atoms with Gasteiger partial charge < -0.3 is 5.32 Å². The Balaban J connectivity index is 1.88. The smallest absolute Gasteiger partial charge is 0.0250 e. The van der Waals surface area contributed by atoms with Crippen LogP contribution < -0.4 is 5.32 Å². The number of rotatable bonds is 7. The highest BCUT2D eigenvalue weighted by Crippen LogP contribution is 2.10. The zero-order chi connectivity index (χ0) is 10.1. The highest BCUT2D eigenvalue weighted by atomic mass is 14.9. The molecular weight excluding hydrogens is 170 g/mol. The van der Waals surface area contributed by atoms with Crippen molar-refractivity contribution in [1.82, 2.24) is 5.32 Å². The molecule has 1 rings (SSSR count). The quantitative estimate of drug-likeness (QED) is 0.483. The Labute approximate surface area is 89.0 Å². The van der Waals surface area contributed by atoms with Crippen molar-refractivity contribution < 1.29 is 0 Å². The van der Waals surface area contributed by atoms with Gasteiger partial charge in [-0.15, -0.1) is 0 Å². The first-order valence-electron chi connectivity index (χ1n) is 6.33. The van der Waals surface area contributed by atoms with E-state index in [0.29, 0.717) is 6.04 Å². The summed E-state index contributed by atoms with van der Waals surface area (Å²) in [5.74, 6) is 0. The molecule has 0 fully saturated rings. The Morgan fingerprint density at radius 3 is 2.79 bits per heavy atom. The molecule has 0 unspecified atom stereocenters. The Bertz CT molecular complexity index is 151. The van der Waals surface area contributed by atoms with E-state index in [1.807, 2.05) is 0 Å². The summed E-state index contributed by atoms with van der Waals surface area (Å²) in [4.78, 5) is 0. The van der Waals surface area contributed by atoms with Crippen LogP contribution in [-0.2, 0) is 0 Å². The van der Waals surface area contributed by atoms with E-state index in [0.717, 1.165) is 0 Å². The minimum atomic E-state index is 0.676. The van der Waals surface area contributed by atoms with Crippen molar-refractivity contribution in [3.63, 3.8) is 0 Å². The molecule has 82 valence electrons. The van der Waals surface area contributed by atoms with Gasteiger partial charge >= 0.3 is 0 Å². The highest BCUT2D eigenvalue weighted by Gasteiger charge is 2.05. The Hall–Kier alpha value is -0.300. The molecule has 0 saturated heterocycles. The van der Waals surface area contributed by atoms with E-state index in [-0.39, 0.29) is 0 Å². The maximum Gasteiger partial charge on any atom is 0.0250 e. The van der Waals surface area contributed by atoms with Crippen molar-refractivity contribution in [3.05, 3.63) is 12.2 Å². The summed E-state index contributed by atoms with van der Waals surface area (Å²) < 4.78 is 0. The van der Waals surface area contributed by atoms with Gasteiger partial charge in [0.1, 0.15) is 0 Å². The lowest BCUT2D eigenvalue weighted by molar-refractivity contribution is 0.501. The van der Waals surface area contributed by atoms with E-state index in [2.05, 4.69) is 24.4 Å². The molecule has 0 aromatic heterocycles. The summed E-state index contributed by atoms with van der Waals surface area (Å²) in [5, 5.41) is 3.61. The van der Waals surface area contributed by atoms with Gasteiger partial charge in [0.25, 0.3) is 0 Å². The van der Waals surface area contributed by atoms with Gasteiger partial charge in [-0.2, -0.15) is 0 Å². The van der Waals surface area contributed by atoms with Crippen molar-refractivity contribution in [2.24, 2.45) is 0 Å². The van der Waals surface area contributed by atoms with E-state index >= 15 is 0 Å². The van der Waals surface area contributed by atoms with Gasteiger partial charge in [-0.25, -0.2) is 0 Å². The summed E-state index contributed by atoms with van der Waals surface area (Å²) in [7, 11) is 0. The molecular formula is C13H25N. The standard InChI is InChI=1S/C13H25N/c1-2-3-4-5-9-12-14-13-10-7-6-8-11-13/h7,10,13-14H,2-6,8-9,11-12H2,1H3/t13-/m0/s1. The summed E-state index contributed by atoms with van der Waals surface area (Å²) >= 11 is 0. The van der Waals surface area contributed by atoms with Gasteiger partial charge in [-0.05, 0) is 32.2 Å². The first-order valence-corrected chi connectivity index (χ1v) is 6.33. The molecule has 0 bridgehead atoms. The fourth-order valence-corrected chi connectivity index (χ4v) is 2.00. The Kier molecular flexibility index (Phi) is 6.77. The van der Waals surface area contributed by atoms with Crippen molar-refractivity contribution in [2.75, 3.05) is 6.54 Å². The lowest BCUT2D eigenvalue weighted by Crippen LogP contribution is -2.29. The van der Waals surface area contributed by atoms with Crippen LogP contribution in [0.15, 0.2) is 12.2 Å². The first-order chi connectivity index (χ1) is 6.93. The molecule has 0 heterocycles. The summed E-state index contributed by atoms with van der Waals surface area (Å²) in [6.45, 7) is 3.48. The van der Waals surface area contributed by atoms with Gasteiger partial charge in [0.15, 0.2) is 0 Å². The molecule has 0 amide bonds. The molecule has 0 spiro atoms. The summed E-state index contributed by atoms with van der Waals surface area (Å²) in [5.41, 5.74) is 0. The average Bonchev–Trinajstić information content (AvgIpc) is 2.25. The van der Waals surface area contributed by atoms with Crippen LogP contribution in [0.5, 0.6) is 0 Å². The normalized spacial score (nSPS) is 21.4. The molecule has 0 saturated carbocycles. The zero-order valence-electron chi connectivity index (χ0n) is 9.60. The predicted molar refractivity (Wildman–Crippen MR) is 63.5 cm³/mol. The molecule has 1 nitrogen and oxygen atoms in total. The fraction of sp³-hybridized carbons (Fsp3) is 0.846. The van der Waals surface area contributed by atoms with E-state index in [1.165, 1.54) is 57.9 Å². The molecule has 1 heteroatoms. The van der Waals surface area contributed by atoms with Gasteiger partial charge in [-0.3, -0.25) is 0 Å². The second-order valence-electron chi connectivity index (χ2n) is 4.33. The number of hydrogen-bond acceptors (Lipinski definition) is 1. The number of nitrogens with one attached hydrogen (secondary N) is 1. The van der Waals surface area contributed by atoms with Gasteiger partial charge in [0.2, 0.25) is 0 Å². The van der Waals surface area contributed by atoms with E-state index in [4.69, 9.17) is 0 Å². The first kappa shape index (κ1) is 11.8. The predicted octanol–water partition coefficient (Wildman–Crippen LogP) is 3.66. The third kappa shape index (κ3) is 5.43. The van der Waals surface area contributed by atoms with Crippen molar-refractivity contribution in [3.8, 4) is 0 Å². The Morgan fingerprint density at radius 1 is 1.21 bits per heavy atom. The van der Waals surface area contributed by atoms with Crippen LogP contribution in [0.1, 0.15) is 58.3 Å². The van der Waals surface area contributed by atoms with E-state index in [9.17, 15) is 0 Å². The van der Waals surface area contributed by atoms with Crippen molar-refractivity contribution >= 4 is 0 Å². The maximum atomic E-state index is 3.61. The summed E-state index contributed by atoms with van der Waals surface area (Å²) in [6, 6.07) is 0.676. The van der Waals surface area contributed by atoms with Crippen LogP contribution in [0.2, 0.25) is 0 Å². The number of hydrogen-bond donors (Lipinski definition) is 1. The molecule has 1 atom stereocenters. The molecule has 14 heavy (non-hydrogen) atoms. The van der Waals surface area contributed by atoms with E-state index in [1.54, 1.807) is 0 Å². The van der Waals surface area contributed by atoms with Crippen LogP contribution in [0, 0.1) is 0 Å². The third-order valence-corrected chi connectivity index (χ3v) is 2.94.